The highest BCUT2D eigenvalue weighted by Gasteiger charge is 2.23. The Morgan fingerprint density at radius 2 is 2.09 bits per heavy atom. The molecular formula is C7H15NO2S. The minimum absolute atomic E-state index is 0.109. The van der Waals surface area contributed by atoms with Gasteiger partial charge < -0.3 is 5.32 Å². The van der Waals surface area contributed by atoms with Crippen molar-refractivity contribution in [2.45, 2.75) is 31.8 Å². The Kier molecular flexibility index (Phi) is 2.54. The van der Waals surface area contributed by atoms with Gasteiger partial charge in [0.1, 0.15) is 9.84 Å². The van der Waals surface area contributed by atoms with Crippen molar-refractivity contribution in [1.29, 1.82) is 0 Å². The molecule has 0 aromatic carbocycles. The molecule has 66 valence electrons. The number of nitrogens with one attached hydrogen (secondary N) is 1. The number of sulfone groups is 1. The van der Waals surface area contributed by atoms with Crippen LogP contribution >= 0.6 is 0 Å². The third-order valence-electron chi connectivity index (χ3n) is 1.65. The minimum Gasteiger partial charge on any atom is -0.310 e. The van der Waals surface area contributed by atoms with Crippen LogP contribution in [0.2, 0.25) is 0 Å². The highest BCUT2D eigenvalue weighted by molar-refractivity contribution is 7.90. The smallest absolute Gasteiger partial charge is 0.148 e. The fraction of sp³-hybridized carbons (Fsp3) is 1.00. The lowest BCUT2D eigenvalue weighted by molar-refractivity contribution is 0.558. The lowest BCUT2D eigenvalue weighted by atomic mass is 10.4. The van der Waals surface area contributed by atoms with E-state index in [0.717, 1.165) is 0 Å². The Morgan fingerprint density at radius 3 is 2.45 bits per heavy atom. The van der Waals surface area contributed by atoms with Gasteiger partial charge in [-0.25, -0.2) is 8.42 Å². The summed E-state index contributed by atoms with van der Waals surface area (Å²) in [5, 5.41) is 3.23. The van der Waals surface area contributed by atoms with Gasteiger partial charge in [-0.1, -0.05) is 0 Å². The van der Waals surface area contributed by atoms with E-state index in [0.29, 0.717) is 6.04 Å². The van der Waals surface area contributed by atoms with E-state index in [1.165, 1.54) is 19.1 Å². The van der Waals surface area contributed by atoms with Gasteiger partial charge in [0.05, 0.1) is 5.75 Å². The molecule has 1 saturated carbocycles. The molecule has 1 aliphatic rings. The Balaban J connectivity index is 2.24. The summed E-state index contributed by atoms with van der Waals surface area (Å²) in [6.45, 7) is 1.92. The molecule has 0 aliphatic heterocycles. The van der Waals surface area contributed by atoms with Gasteiger partial charge in [0, 0.05) is 18.3 Å². The zero-order chi connectivity index (χ0) is 8.48. The summed E-state index contributed by atoms with van der Waals surface area (Å²) in [7, 11) is -2.80. The number of hydrogen-bond acceptors (Lipinski definition) is 3. The molecule has 0 bridgehead atoms. The maximum absolute atomic E-state index is 10.8. The second-order valence-electron chi connectivity index (χ2n) is 3.43. The van der Waals surface area contributed by atoms with Crippen LogP contribution in [0.15, 0.2) is 0 Å². The summed E-state index contributed by atoms with van der Waals surface area (Å²) >= 11 is 0. The molecule has 0 spiro atoms. The predicted octanol–water partition coefficient (Wildman–Crippen LogP) is 0.172. The van der Waals surface area contributed by atoms with Crippen molar-refractivity contribution < 1.29 is 8.42 Å². The van der Waals surface area contributed by atoms with Gasteiger partial charge in [0.25, 0.3) is 0 Å². The molecule has 0 aromatic heterocycles. The second kappa shape index (κ2) is 3.11. The zero-order valence-corrected chi connectivity index (χ0v) is 7.82. The summed E-state index contributed by atoms with van der Waals surface area (Å²) in [5.74, 6) is 0.253. The first-order valence-corrected chi connectivity index (χ1v) is 5.97. The van der Waals surface area contributed by atoms with Crippen LogP contribution in [0.25, 0.3) is 0 Å². The standard InChI is InChI=1S/C7H15NO2S/c1-6(5-11(2,9)10)8-7-3-4-7/h6-8H,3-5H2,1-2H3/t6-/m1/s1. The Hall–Kier alpha value is -0.0900. The minimum atomic E-state index is -2.80. The maximum atomic E-state index is 10.8. The molecule has 0 saturated heterocycles. The fourth-order valence-electron chi connectivity index (χ4n) is 1.15. The van der Waals surface area contributed by atoms with Gasteiger partial charge in [-0.15, -0.1) is 0 Å². The lowest BCUT2D eigenvalue weighted by Crippen LogP contribution is -2.34. The highest BCUT2D eigenvalue weighted by atomic mass is 32.2. The molecule has 0 unspecified atom stereocenters. The van der Waals surface area contributed by atoms with Crippen LogP contribution in [0.5, 0.6) is 0 Å². The molecule has 0 aromatic rings. The van der Waals surface area contributed by atoms with E-state index in [1.54, 1.807) is 0 Å². The van der Waals surface area contributed by atoms with E-state index in [-0.39, 0.29) is 11.8 Å². The zero-order valence-electron chi connectivity index (χ0n) is 7.00. The van der Waals surface area contributed by atoms with E-state index < -0.39 is 9.84 Å². The van der Waals surface area contributed by atoms with Gasteiger partial charge >= 0.3 is 0 Å². The first kappa shape index (κ1) is 9.00. The molecule has 0 amide bonds. The van der Waals surface area contributed by atoms with Crippen molar-refractivity contribution in [2.24, 2.45) is 0 Å². The molecule has 1 aliphatic carbocycles. The van der Waals surface area contributed by atoms with Gasteiger partial charge in [0.15, 0.2) is 0 Å². The number of hydrogen-bond donors (Lipinski definition) is 1. The molecular weight excluding hydrogens is 162 g/mol. The average molecular weight is 177 g/mol. The van der Waals surface area contributed by atoms with E-state index in [9.17, 15) is 8.42 Å². The van der Waals surface area contributed by atoms with E-state index in [2.05, 4.69) is 5.32 Å². The predicted molar refractivity (Wildman–Crippen MR) is 45.3 cm³/mol. The van der Waals surface area contributed by atoms with Crippen LogP contribution in [0.4, 0.5) is 0 Å². The molecule has 3 nitrogen and oxygen atoms in total. The molecule has 11 heavy (non-hydrogen) atoms. The van der Waals surface area contributed by atoms with Crippen LogP contribution in [0, 0.1) is 0 Å². The summed E-state index contributed by atoms with van der Waals surface area (Å²) in [5.41, 5.74) is 0. The van der Waals surface area contributed by atoms with Gasteiger partial charge in [-0.2, -0.15) is 0 Å². The van der Waals surface area contributed by atoms with Crippen LogP contribution in [-0.2, 0) is 9.84 Å². The maximum Gasteiger partial charge on any atom is 0.148 e. The van der Waals surface area contributed by atoms with Crippen LogP contribution < -0.4 is 5.32 Å². The van der Waals surface area contributed by atoms with E-state index in [1.807, 2.05) is 6.92 Å². The molecule has 1 rings (SSSR count). The molecule has 0 radical (unpaired) electrons. The summed E-state index contributed by atoms with van der Waals surface area (Å²) in [4.78, 5) is 0. The molecule has 4 heteroatoms. The third kappa shape index (κ3) is 4.37. The quantitative estimate of drug-likeness (QED) is 0.666. The highest BCUT2D eigenvalue weighted by Crippen LogP contribution is 2.19. The van der Waals surface area contributed by atoms with Crippen molar-refractivity contribution in [1.82, 2.24) is 5.32 Å². The lowest BCUT2D eigenvalue weighted by Gasteiger charge is -2.10. The monoisotopic (exact) mass is 177 g/mol. The van der Waals surface area contributed by atoms with Gasteiger partial charge in [-0.3, -0.25) is 0 Å². The topological polar surface area (TPSA) is 46.2 Å². The van der Waals surface area contributed by atoms with E-state index in [4.69, 9.17) is 0 Å². The summed E-state index contributed by atoms with van der Waals surface area (Å²) in [6.07, 6.45) is 3.68. The van der Waals surface area contributed by atoms with Crippen molar-refractivity contribution >= 4 is 9.84 Å². The summed E-state index contributed by atoms with van der Waals surface area (Å²) < 4.78 is 21.6. The SMILES string of the molecule is C[C@H](CS(C)(=O)=O)NC1CC1. The molecule has 1 fully saturated rings. The first-order chi connectivity index (χ1) is 4.97. The van der Waals surface area contributed by atoms with Crippen LogP contribution in [-0.4, -0.2) is 32.5 Å². The fourth-order valence-corrected chi connectivity index (χ4v) is 2.16. The average Bonchev–Trinajstić information content (AvgIpc) is 2.42. The van der Waals surface area contributed by atoms with Crippen molar-refractivity contribution in [3.63, 3.8) is 0 Å². The van der Waals surface area contributed by atoms with Crippen molar-refractivity contribution in [3.8, 4) is 0 Å². The number of rotatable bonds is 4. The van der Waals surface area contributed by atoms with Crippen LogP contribution in [0.1, 0.15) is 19.8 Å². The van der Waals surface area contributed by atoms with E-state index >= 15 is 0 Å². The first-order valence-electron chi connectivity index (χ1n) is 3.91. The molecule has 0 heterocycles. The normalized spacial score (nSPS) is 21.6. The largest absolute Gasteiger partial charge is 0.310 e. The second-order valence-corrected chi connectivity index (χ2v) is 5.62. The van der Waals surface area contributed by atoms with Crippen LogP contribution in [0.3, 0.4) is 0 Å². The molecule has 1 atom stereocenters. The Labute approximate surface area is 68.1 Å². The molecule has 1 N–H and O–H groups in total. The Morgan fingerprint density at radius 1 is 1.55 bits per heavy atom. The van der Waals surface area contributed by atoms with Crippen molar-refractivity contribution in [2.75, 3.05) is 12.0 Å². The third-order valence-corrected chi connectivity index (χ3v) is 2.76. The Bertz CT molecular complexity index is 219. The van der Waals surface area contributed by atoms with Crippen molar-refractivity contribution in [3.05, 3.63) is 0 Å². The van der Waals surface area contributed by atoms with Gasteiger partial charge in [-0.05, 0) is 19.8 Å². The van der Waals surface area contributed by atoms with Gasteiger partial charge in [0.2, 0.25) is 0 Å². The summed E-state index contributed by atoms with van der Waals surface area (Å²) in [6, 6.07) is 0.698.